The molecule has 3 aromatic rings. The number of nitrogens with zero attached hydrogens (tertiary/aromatic N) is 2. The van der Waals surface area contributed by atoms with Crippen molar-refractivity contribution in [2.75, 3.05) is 5.32 Å². The molecule has 0 amide bonds. The Kier molecular flexibility index (Phi) is 3.33. The maximum Gasteiger partial charge on any atom is 0.0666 e. The van der Waals surface area contributed by atoms with Crippen LogP contribution in [0.2, 0.25) is 0 Å². The fourth-order valence-electron chi connectivity index (χ4n) is 1.95. The lowest BCUT2D eigenvalue weighted by atomic mass is 10.2. The lowest BCUT2D eigenvalue weighted by Gasteiger charge is -2.07. The van der Waals surface area contributed by atoms with Gasteiger partial charge in [-0.3, -0.25) is 0 Å². The summed E-state index contributed by atoms with van der Waals surface area (Å²) in [4.78, 5) is 2.70. The van der Waals surface area contributed by atoms with Crippen molar-refractivity contribution in [2.24, 2.45) is 0 Å². The zero-order chi connectivity index (χ0) is 13.1. The molecule has 0 atom stereocenters. The second kappa shape index (κ2) is 5.28. The SMILES string of the molecule is Cc1ccc(CNc2cccc(-n3cccn3)c2)s1. The zero-order valence-corrected chi connectivity index (χ0v) is 11.5. The van der Waals surface area contributed by atoms with Crippen molar-refractivity contribution in [3.8, 4) is 5.69 Å². The van der Waals surface area contributed by atoms with E-state index in [-0.39, 0.29) is 0 Å². The third-order valence-electron chi connectivity index (χ3n) is 2.88. The quantitative estimate of drug-likeness (QED) is 0.779. The highest BCUT2D eigenvalue weighted by atomic mass is 32.1. The van der Waals surface area contributed by atoms with Crippen molar-refractivity contribution < 1.29 is 0 Å². The number of benzene rings is 1. The monoisotopic (exact) mass is 269 g/mol. The number of hydrogen-bond acceptors (Lipinski definition) is 3. The number of rotatable bonds is 4. The highest BCUT2D eigenvalue weighted by molar-refractivity contribution is 7.11. The summed E-state index contributed by atoms with van der Waals surface area (Å²) >= 11 is 1.83. The summed E-state index contributed by atoms with van der Waals surface area (Å²) in [5.41, 5.74) is 2.18. The molecule has 0 spiro atoms. The van der Waals surface area contributed by atoms with E-state index in [1.807, 2.05) is 40.4 Å². The molecule has 2 aromatic heterocycles. The molecule has 1 N–H and O–H groups in total. The first-order valence-electron chi connectivity index (χ1n) is 6.20. The lowest BCUT2D eigenvalue weighted by molar-refractivity contribution is 0.880. The minimum Gasteiger partial charge on any atom is -0.380 e. The van der Waals surface area contributed by atoms with Crippen molar-refractivity contribution in [1.29, 1.82) is 0 Å². The van der Waals surface area contributed by atoms with E-state index in [1.165, 1.54) is 9.75 Å². The predicted octanol–water partition coefficient (Wildman–Crippen LogP) is 3.85. The number of thiophene rings is 1. The van der Waals surface area contributed by atoms with Crippen LogP contribution in [0.15, 0.2) is 54.9 Å². The minimum absolute atomic E-state index is 0.862. The summed E-state index contributed by atoms with van der Waals surface area (Å²) in [6.07, 6.45) is 3.73. The molecule has 4 heteroatoms. The third kappa shape index (κ3) is 2.85. The molecule has 3 rings (SSSR count). The highest BCUT2D eigenvalue weighted by Gasteiger charge is 2.00. The van der Waals surface area contributed by atoms with Crippen LogP contribution < -0.4 is 5.32 Å². The summed E-state index contributed by atoms with van der Waals surface area (Å²) in [5, 5.41) is 7.69. The Bertz CT molecular complexity index is 656. The standard InChI is InChI=1S/C15H15N3S/c1-12-6-7-15(19-12)11-16-13-4-2-5-14(10-13)18-9-3-8-17-18/h2-10,16H,11H2,1H3. The molecule has 0 aliphatic carbocycles. The average Bonchev–Trinajstić information content (AvgIpc) is 3.08. The molecule has 0 saturated carbocycles. The van der Waals surface area contributed by atoms with Crippen LogP contribution in [0.4, 0.5) is 5.69 Å². The van der Waals surface area contributed by atoms with E-state index in [2.05, 4.69) is 41.6 Å². The Labute approximate surface area is 116 Å². The van der Waals surface area contributed by atoms with Crippen LogP contribution in [-0.4, -0.2) is 9.78 Å². The Morgan fingerprint density at radius 3 is 2.89 bits per heavy atom. The van der Waals surface area contributed by atoms with Gasteiger partial charge in [0.1, 0.15) is 0 Å². The van der Waals surface area contributed by atoms with Gasteiger partial charge in [-0.05, 0) is 43.3 Å². The Balaban J connectivity index is 1.73. The minimum atomic E-state index is 0.862. The number of anilines is 1. The molecule has 0 saturated heterocycles. The maximum absolute atomic E-state index is 4.24. The van der Waals surface area contributed by atoms with Gasteiger partial charge in [0.2, 0.25) is 0 Å². The predicted molar refractivity (Wildman–Crippen MR) is 79.9 cm³/mol. The van der Waals surface area contributed by atoms with Gasteiger partial charge in [-0.15, -0.1) is 11.3 Å². The van der Waals surface area contributed by atoms with Gasteiger partial charge in [-0.25, -0.2) is 4.68 Å². The number of aromatic nitrogens is 2. The lowest BCUT2D eigenvalue weighted by Crippen LogP contribution is -1.99. The first-order chi connectivity index (χ1) is 9.31. The molecule has 0 aliphatic rings. The second-order valence-corrected chi connectivity index (χ2v) is 5.74. The van der Waals surface area contributed by atoms with Gasteiger partial charge in [-0.2, -0.15) is 5.10 Å². The molecule has 19 heavy (non-hydrogen) atoms. The molecule has 0 radical (unpaired) electrons. The number of aryl methyl sites for hydroxylation is 1. The molecule has 0 unspecified atom stereocenters. The van der Waals surface area contributed by atoms with Crippen LogP contribution >= 0.6 is 11.3 Å². The number of hydrogen-bond donors (Lipinski definition) is 1. The van der Waals surface area contributed by atoms with Crippen LogP contribution in [0, 0.1) is 6.92 Å². The average molecular weight is 269 g/mol. The van der Waals surface area contributed by atoms with Crippen molar-refractivity contribution in [1.82, 2.24) is 9.78 Å². The van der Waals surface area contributed by atoms with Gasteiger partial charge < -0.3 is 5.32 Å². The maximum atomic E-state index is 4.24. The van der Waals surface area contributed by atoms with Gasteiger partial charge in [0.05, 0.1) is 5.69 Å². The molecular weight excluding hydrogens is 254 g/mol. The van der Waals surface area contributed by atoms with E-state index in [4.69, 9.17) is 0 Å². The van der Waals surface area contributed by atoms with E-state index in [1.54, 1.807) is 6.20 Å². The Morgan fingerprint density at radius 2 is 2.16 bits per heavy atom. The van der Waals surface area contributed by atoms with Crippen LogP contribution in [0.25, 0.3) is 5.69 Å². The highest BCUT2D eigenvalue weighted by Crippen LogP contribution is 2.18. The van der Waals surface area contributed by atoms with Crippen LogP contribution in [0.1, 0.15) is 9.75 Å². The van der Waals surface area contributed by atoms with Gasteiger partial charge in [0.15, 0.2) is 0 Å². The van der Waals surface area contributed by atoms with E-state index in [0.717, 1.165) is 17.9 Å². The summed E-state index contributed by atoms with van der Waals surface area (Å²) in [7, 11) is 0. The molecule has 0 aliphatic heterocycles. The third-order valence-corrected chi connectivity index (χ3v) is 3.88. The Hall–Kier alpha value is -2.07. The summed E-state index contributed by atoms with van der Waals surface area (Å²) < 4.78 is 1.86. The van der Waals surface area contributed by atoms with Crippen LogP contribution in [0.3, 0.4) is 0 Å². The van der Waals surface area contributed by atoms with Gasteiger partial charge >= 0.3 is 0 Å². The largest absolute Gasteiger partial charge is 0.380 e. The van der Waals surface area contributed by atoms with E-state index >= 15 is 0 Å². The topological polar surface area (TPSA) is 29.9 Å². The molecule has 2 heterocycles. The molecule has 3 nitrogen and oxygen atoms in total. The fraction of sp³-hybridized carbons (Fsp3) is 0.133. The second-order valence-electron chi connectivity index (χ2n) is 4.37. The fourth-order valence-corrected chi connectivity index (χ4v) is 2.78. The van der Waals surface area contributed by atoms with Gasteiger partial charge in [-0.1, -0.05) is 6.07 Å². The summed E-state index contributed by atoms with van der Waals surface area (Å²) in [6.45, 7) is 2.99. The summed E-state index contributed by atoms with van der Waals surface area (Å²) in [6, 6.07) is 14.5. The molecule has 0 fully saturated rings. The number of nitrogens with one attached hydrogen (secondary N) is 1. The molecule has 0 bridgehead atoms. The summed E-state index contributed by atoms with van der Waals surface area (Å²) in [5.74, 6) is 0. The molecular formula is C15H15N3S. The Morgan fingerprint density at radius 1 is 1.21 bits per heavy atom. The van der Waals surface area contributed by atoms with Crippen molar-refractivity contribution >= 4 is 17.0 Å². The first kappa shape index (κ1) is 12.0. The smallest absolute Gasteiger partial charge is 0.0666 e. The van der Waals surface area contributed by atoms with Gasteiger partial charge in [0.25, 0.3) is 0 Å². The molecule has 1 aromatic carbocycles. The van der Waals surface area contributed by atoms with Crippen LogP contribution in [0.5, 0.6) is 0 Å². The van der Waals surface area contributed by atoms with Gasteiger partial charge in [0, 0.05) is 34.4 Å². The van der Waals surface area contributed by atoms with E-state index < -0.39 is 0 Å². The normalized spacial score (nSPS) is 10.6. The van der Waals surface area contributed by atoms with Crippen molar-refractivity contribution in [2.45, 2.75) is 13.5 Å². The van der Waals surface area contributed by atoms with E-state index in [9.17, 15) is 0 Å². The van der Waals surface area contributed by atoms with Crippen LogP contribution in [-0.2, 0) is 6.54 Å². The first-order valence-corrected chi connectivity index (χ1v) is 7.02. The van der Waals surface area contributed by atoms with Crippen molar-refractivity contribution in [3.63, 3.8) is 0 Å². The molecule has 96 valence electrons. The zero-order valence-electron chi connectivity index (χ0n) is 10.7. The van der Waals surface area contributed by atoms with E-state index in [0.29, 0.717) is 0 Å². The van der Waals surface area contributed by atoms with Crippen molar-refractivity contribution in [3.05, 3.63) is 64.6 Å².